The molecule has 1 rings (SSSR count). The van der Waals surface area contributed by atoms with E-state index in [0.29, 0.717) is 0 Å². The first-order valence-corrected chi connectivity index (χ1v) is 8.09. The first kappa shape index (κ1) is 15.9. The molecule has 0 aromatic carbocycles. The van der Waals surface area contributed by atoms with E-state index in [1.165, 1.54) is 11.8 Å². The number of thioether (sulfide) groups is 2. The lowest BCUT2D eigenvalue weighted by atomic mass is 9.98. The van der Waals surface area contributed by atoms with E-state index in [9.17, 15) is 9.59 Å². The SMILES string of the molecule is CC(=O)SC[C@]1(C)C[C@@H](C(=O)OC(C)(C)C)CS1. The molecule has 1 saturated heterocycles. The number of esters is 1. The standard InChI is InChI=1S/C13H22O3S2/c1-9(14)17-8-13(5)6-10(7-18-13)11(15)16-12(2,3)4/h10H,6-8H2,1-5H3/t10-,13+/m1/s1. The van der Waals surface area contributed by atoms with Crippen molar-refractivity contribution in [2.45, 2.75) is 51.4 Å². The van der Waals surface area contributed by atoms with Crippen molar-refractivity contribution < 1.29 is 14.3 Å². The second-order valence-corrected chi connectivity index (χ2v) is 8.74. The second-order valence-electron chi connectivity index (χ2n) is 5.98. The Labute approximate surface area is 118 Å². The van der Waals surface area contributed by atoms with Gasteiger partial charge in [0.05, 0.1) is 5.92 Å². The third-order valence-corrected chi connectivity index (χ3v) is 5.58. The molecule has 3 nitrogen and oxygen atoms in total. The quantitative estimate of drug-likeness (QED) is 0.747. The van der Waals surface area contributed by atoms with Gasteiger partial charge in [0.2, 0.25) is 0 Å². The molecule has 2 atom stereocenters. The Morgan fingerprint density at radius 1 is 1.44 bits per heavy atom. The van der Waals surface area contributed by atoms with Crippen LogP contribution in [0.15, 0.2) is 0 Å². The molecular weight excluding hydrogens is 268 g/mol. The zero-order valence-corrected chi connectivity index (χ0v) is 13.4. The van der Waals surface area contributed by atoms with Crippen molar-refractivity contribution in [1.29, 1.82) is 0 Å². The normalized spacial score (nSPS) is 28.2. The number of carbonyl (C=O) groups is 2. The van der Waals surface area contributed by atoms with E-state index in [1.54, 1.807) is 18.7 Å². The molecule has 0 N–H and O–H groups in total. The van der Waals surface area contributed by atoms with Gasteiger partial charge < -0.3 is 4.74 Å². The molecule has 0 amide bonds. The molecule has 1 fully saturated rings. The summed E-state index contributed by atoms with van der Waals surface area (Å²) in [4.78, 5) is 23.0. The summed E-state index contributed by atoms with van der Waals surface area (Å²) < 4.78 is 5.43. The van der Waals surface area contributed by atoms with Gasteiger partial charge in [0.1, 0.15) is 5.60 Å². The molecular formula is C13H22O3S2. The maximum Gasteiger partial charge on any atom is 0.310 e. The molecule has 0 radical (unpaired) electrons. The minimum Gasteiger partial charge on any atom is -0.460 e. The van der Waals surface area contributed by atoms with Crippen LogP contribution in [-0.4, -0.2) is 32.9 Å². The van der Waals surface area contributed by atoms with Gasteiger partial charge in [-0.2, -0.15) is 11.8 Å². The number of hydrogen-bond acceptors (Lipinski definition) is 5. The molecule has 0 unspecified atom stereocenters. The summed E-state index contributed by atoms with van der Waals surface area (Å²) in [6.07, 6.45) is 0.798. The Bertz CT molecular complexity index is 336. The summed E-state index contributed by atoms with van der Waals surface area (Å²) in [5, 5.41) is 0.137. The zero-order valence-electron chi connectivity index (χ0n) is 11.7. The largest absolute Gasteiger partial charge is 0.460 e. The summed E-state index contributed by atoms with van der Waals surface area (Å²) in [6.45, 7) is 9.37. The van der Waals surface area contributed by atoms with Crippen LogP contribution in [0.4, 0.5) is 0 Å². The number of rotatable bonds is 3. The minimum atomic E-state index is -0.422. The Hall–Kier alpha value is -0.160. The Morgan fingerprint density at radius 2 is 2.06 bits per heavy atom. The average molecular weight is 290 g/mol. The highest BCUT2D eigenvalue weighted by Crippen LogP contribution is 2.44. The van der Waals surface area contributed by atoms with Crippen molar-refractivity contribution in [3.63, 3.8) is 0 Å². The van der Waals surface area contributed by atoms with Gasteiger partial charge in [0.15, 0.2) is 5.12 Å². The van der Waals surface area contributed by atoms with Crippen LogP contribution in [0.2, 0.25) is 0 Å². The molecule has 1 heterocycles. The lowest BCUT2D eigenvalue weighted by Gasteiger charge is -2.24. The van der Waals surface area contributed by atoms with E-state index < -0.39 is 5.60 Å². The first-order valence-electron chi connectivity index (χ1n) is 6.11. The van der Waals surface area contributed by atoms with Crippen LogP contribution in [0.1, 0.15) is 41.0 Å². The summed E-state index contributed by atoms with van der Waals surface area (Å²) in [5.74, 6) is 1.43. The highest BCUT2D eigenvalue weighted by molar-refractivity contribution is 8.14. The average Bonchev–Trinajstić information content (AvgIpc) is 2.56. The molecule has 1 aliphatic rings. The number of carbonyl (C=O) groups excluding carboxylic acids is 2. The Balaban J connectivity index is 2.49. The molecule has 104 valence electrons. The van der Waals surface area contributed by atoms with Crippen LogP contribution in [0.3, 0.4) is 0 Å². The molecule has 0 saturated carbocycles. The fourth-order valence-electron chi connectivity index (χ4n) is 1.83. The molecule has 5 heteroatoms. The Kier molecular flexibility index (Phi) is 5.18. The van der Waals surface area contributed by atoms with Gasteiger partial charge in [-0.3, -0.25) is 9.59 Å². The van der Waals surface area contributed by atoms with Gasteiger partial charge >= 0.3 is 5.97 Å². The fraction of sp³-hybridized carbons (Fsp3) is 0.846. The Morgan fingerprint density at radius 3 is 2.56 bits per heavy atom. The third-order valence-electron chi connectivity index (χ3n) is 2.63. The highest BCUT2D eigenvalue weighted by atomic mass is 32.2. The number of ether oxygens (including phenoxy) is 1. The van der Waals surface area contributed by atoms with Crippen LogP contribution >= 0.6 is 23.5 Å². The monoisotopic (exact) mass is 290 g/mol. The summed E-state index contributed by atoms with van der Waals surface area (Å²) in [6, 6.07) is 0. The van der Waals surface area contributed by atoms with Gasteiger partial charge in [-0.25, -0.2) is 0 Å². The van der Waals surface area contributed by atoms with E-state index in [4.69, 9.17) is 4.74 Å². The van der Waals surface area contributed by atoms with Crippen LogP contribution in [0.5, 0.6) is 0 Å². The third kappa shape index (κ3) is 5.22. The molecule has 0 spiro atoms. The van der Waals surface area contributed by atoms with E-state index in [2.05, 4.69) is 6.92 Å². The van der Waals surface area contributed by atoms with Gasteiger partial charge in [0.25, 0.3) is 0 Å². The van der Waals surface area contributed by atoms with Crippen LogP contribution in [0.25, 0.3) is 0 Å². The fourth-order valence-corrected chi connectivity index (χ4v) is 4.15. The molecule has 18 heavy (non-hydrogen) atoms. The van der Waals surface area contributed by atoms with E-state index in [-0.39, 0.29) is 21.7 Å². The van der Waals surface area contributed by atoms with Crippen LogP contribution < -0.4 is 0 Å². The summed E-state index contributed by atoms with van der Waals surface area (Å²) in [7, 11) is 0. The van der Waals surface area contributed by atoms with Crippen LogP contribution in [0, 0.1) is 5.92 Å². The first-order chi connectivity index (χ1) is 8.11. The zero-order chi connectivity index (χ0) is 14.0. The van der Waals surface area contributed by atoms with E-state index in [1.807, 2.05) is 20.8 Å². The van der Waals surface area contributed by atoms with Crippen molar-refractivity contribution in [2.75, 3.05) is 11.5 Å². The molecule has 0 bridgehead atoms. The second kappa shape index (κ2) is 5.87. The predicted octanol–water partition coefficient (Wildman–Crippen LogP) is 3.12. The van der Waals surface area contributed by atoms with Crippen molar-refractivity contribution in [2.24, 2.45) is 5.92 Å². The lowest BCUT2D eigenvalue weighted by Crippen LogP contribution is -2.30. The molecule has 0 aliphatic carbocycles. The van der Waals surface area contributed by atoms with Crippen molar-refractivity contribution in [3.05, 3.63) is 0 Å². The van der Waals surface area contributed by atoms with Crippen molar-refractivity contribution >= 4 is 34.6 Å². The van der Waals surface area contributed by atoms with Gasteiger partial charge in [-0.15, -0.1) is 0 Å². The smallest absolute Gasteiger partial charge is 0.310 e. The van der Waals surface area contributed by atoms with Gasteiger partial charge in [0, 0.05) is 23.2 Å². The van der Waals surface area contributed by atoms with Crippen molar-refractivity contribution in [1.82, 2.24) is 0 Å². The van der Waals surface area contributed by atoms with Crippen LogP contribution in [-0.2, 0) is 14.3 Å². The summed E-state index contributed by atoms with van der Waals surface area (Å²) in [5.41, 5.74) is -0.422. The van der Waals surface area contributed by atoms with E-state index >= 15 is 0 Å². The van der Waals surface area contributed by atoms with Crippen molar-refractivity contribution in [3.8, 4) is 0 Å². The topological polar surface area (TPSA) is 43.4 Å². The molecule has 0 aromatic rings. The summed E-state index contributed by atoms with van der Waals surface area (Å²) >= 11 is 3.12. The van der Waals surface area contributed by atoms with E-state index in [0.717, 1.165) is 17.9 Å². The lowest BCUT2D eigenvalue weighted by molar-refractivity contribution is -0.159. The van der Waals surface area contributed by atoms with Gasteiger partial charge in [-0.05, 0) is 34.1 Å². The minimum absolute atomic E-state index is 0.0118. The highest BCUT2D eigenvalue weighted by Gasteiger charge is 2.41. The predicted molar refractivity (Wildman–Crippen MR) is 78.0 cm³/mol. The maximum atomic E-state index is 12.0. The maximum absolute atomic E-state index is 12.0. The number of hydrogen-bond donors (Lipinski definition) is 0. The molecule has 1 aliphatic heterocycles. The molecule has 0 aromatic heterocycles. The van der Waals surface area contributed by atoms with Gasteiger partial charge in [-0.1, -0.05) is 11.8 Å².